The first-order valence-corrected chi connectivity index (χ1v) is 9.61. The number of para-hydroxylation sites is 3. The molecule has 0 bridgehead atoms. The fourth-order valence-corrected chi connectivity index (χ4v) is 3.92. The lowest BCUT2D eigenvalue weighted by Crippen LogP contribution is -2.10. The van der Waals surface area contributed by atoms with Crippen molar-refractivity contribution in [3.8, 4) is 0 Å². The van der Waals surface area contributed by atoms with Gasteiger partial charge in [-0.05, 0) is 42.5 Å². The molecule has 5 rings (SSSR count). The Labute approximate surface area is 165 Å². The summed E-state index contributed by atoms with van der Waals surface area (Å²) in [6.45, 7) is 0. The van der Waals surface area contributed by atoms with Gasteiger partial charge < -0.3 is 9.32 Å². The van der Waals surface area contributed by atoms with Crippen molar-refractivity contribution >= 4 is 54.9 Å². The highest BCUT2D eigenvalue weighted by molar-refractivity contribution is 9.10. The molecule has 0 spiro atoms. The van der Waals surface area contributed by atoms with E-state index in [0.29, 0.717) is 0 Å². The summed E-state index contributed by atoms with van der Waals surface area (Å²) in [7, 11) is 0. The SMILES string of the molecule is Brc1cccc(N(c2ccccc2)c2cccc3c2oc2ccccc23)c1. The van der Waals surface area contributed by atoms with E-state index in [1.807, 2.05) is 36.4 Å². The second kappa shape index (κ2) is 6.60. The predicted octanol–water partition coefficient (Wildman–Crippen LogP) is 7.82. The first-order valence-electron chi connectivity index (χ1n) is 8.82. The van der Waals surface area contributed by atoms with Crippen molar-refractivity contribution < 1.29 is 4.42 Å². The zero-order valence-corrected chi connectivity index (χ0v) is 16.1. The molecule has 0 atom stereocenters. The summed E-state index contributed by atoms with van der Waals surface area (Å²) in [6, 6.07) is 33.2. The predicted molar refractivity (Wildman–Crippen MR) is 116 cm³/mol. The van der Waals surface area contributed by atoms with Crippen molar-refractivity contribution in [1.29, 1.82) is 0 Å². The highest BCUT2D eigenvalue weighted by Crippen LogP contribution is 2.42. The number of benzene rings is 4. The van der Waals surface area contributed by atoms with Crippen LogP contribution in [0.5, 0.6) is 0 Å². The Morgan fingerprint density at radius 2 is 1.33 bits per heavy atom. The molecule has 0 aliphatic carbocycles. The molecular formula is C24H16BrNO. The van der Waals surface area contributed by atoms with Crippen molar-refractivity contribution in [2.45, 2.75) is 0 Å². The number of halogens is 1. The summed E-state index contributed by atoms with van der Waals surface area (Å²) in [5.74, 6) is 0. The fourth-order valence-electron chi connectivity index (χ4n) is 3.53. The third-order valence-corrected chi connectivity index (χ3v) is 5.20. The molecule has 0 aliphatic heterocycles. The maximum absolute atomic E-state index is 6.28. The van der Waals surface area contributed by atoms with Crippen LogP contribution in [0.15, 0.2) is 106 Å². The van der Waals surface area contributed by atoms with Crippen LogP contribution in [-0.4, -0.2) is 0 Å². The minimum Gasteiger partial charge on any atom is -0.454 e. The molecule has 0 saturated heterocycles. The summed E-state index contributed by atoms with van der Waals surface area (Å²) in [5, 5.41) is 2.26. The molecule has 0 fully saturated rings. The van der Waals surface area contributed by atoms with Crippen LogP contribution in [0.2, 0.25) is 0 Å². The molecule has 0 aliphatic rings. The summed E-state index contributed by atoms with van der Waals surface area (Å²) in [5.41, 5.74) is 4.98. The topological polar surface area (TPSA) is 16.4 Å². The van der Waals surface area contributed by atoms with Crippen LogP contribution in [0.3, 0.4) is 0 Å². The Morgan fingerprint density at radius 3 is 2.19 bits per heavy atom. The Hall–Kier alpha value is -3.04. The summed E-state index contributed by atoms with van der Waals surface area (Å²) in [6.07, 6.45) is 0. The lowest BCUT2D eigenvalue weighted by Gasteiger charge is -2.25. The van der Waals surface area contributed by atoms with E-state index in [1.165, 1.54) is 0 Å². The molecule has 0 saturated carbocycles. The Morgan fingerprint density at radius 1 is 0.630 bits per heavy atom. The number of hydrogen-bond donors (Lipinski definition) is 0. The fraction of sp³-hybridized carbons (Fsp3) is 0. The highest BCUT2D eigenvalue weighted by atomic mass is 79.9. The number of anilines is 3. The zero-order valence-electron chi connectivity index (χ0n) is 14.5. The Balaban J connectivity index is 1.82. The number of fused-ring (bicyclic) bond motifs is 3. The second-order valence-corrected chi connectivity index (χ2v) is 7.32. The van der Waals surface area contributed by atoms with E-state index in [0.717, 1.165) is 43.5 Å². The maximum atomic E-state index is 6.28. The number of nitrogens with zero attached hydrogens (tertiary/aromatic N) is 1. The monoisotopic (exact) mass is 413 g/mol. The molecule has 27 heavy (non-hydrogen) atoms. The third kappa shape index (κ3) is 2.81. The van der Waals surface area contributed by atoms with Crippen molar-refractivity contribution in [3.05, 3.63) is 102 Å². The van der Waals surface area contributed by atoms with Gasteiger partial charge in [0.15, 0.2) is 5.58 Å². The van der Waals surface area contributed by atoms with Gasteiger partial charge in [-0.1, -0.05) is 70.5 Å². The lowest BCUT2D eigenvalue weighted by atomic mass is 10.1. The molecule has 0 unspecified atom stereocenters. The zero-order chi connectivity index (χ0) is 18.2. The van der Waals surface area contributed by atoms with Gasteiger partial charge >= 0.3 is 0 Å². The normalized spacial score (nSPS) is 11.1. The van der Waals surface area contributed by atoms with Gasteiger partial charge in [-0.25, -0.2) is 0 Å². The van der Waals surface area contributed by atoms with E-state index in [4.69, 9.17) is 4.42 Å². The average Bonchev–Trinajstić information content (AvgIpc) is 3.09. The van der Waals surface area contributed by atoms with E-state index < -0.39 is 0 Å². The van der Waals surface area contributed by atoms with Gasteiger partial charge in [0, 0.05) is 26.6 Å². The highest BCUT2D eigenvalue weighted by Gasteiger charge is 2.18. The molecule has 5 aromatic rings. The second-order valence-electron chi connectivity index (χ2n) is 6.40. The maximum Gasteiger partial charge on any atom is 0.159 e. The van der Waals surface area contributed by atoms with Crippen LogP contribution in [0.25, 0.3) is 21.9 Å². The average molecular weight is 414 g/mol. The summed E-state index contributed by atoms with van der Waals surface area (Å²) >= 11 is 3.60. The van der Waals surface area contributed by atoms with Crippen molar-refractivity contribution in [1.82, 2.24) is 0 Å². The molecular weight excluding hydrogens is 398 g/mol. The molecule has 2 nitrogen and oxygen atoms in total. The molecule has 0 N–H and O–H groups in total. The van der Waals surface area contributed by atoms with E-state index in [-0.39, 0.29) is 0 Å². The minimum absolute atomic E-state index is 0.891. The van der Waals surface area contributed by atoms with Gasteiger partial charge in [0.25, 0.3) is 0 Å². The molecule has 0 amide bonds. The van der Waals surface area contributed by atoms with Crippen molar-refractivity contribution in [3.63, 3.8) is 0 Å². The van der Waals surface area contributed by atoms with E-state index in [2.05, 4.69) is 81.5 Å². The number of rotatable bonds is 3. The summed E-state index contributed by atoms with van der Waals surface area (Å²) < 4.78 is 7.32. The lowest BCUT2D eigenvalue weighted by molar-refractivity contribution is 0.669. The largest absolute Gasteiger partial charge is 0.454 e. The minimum atomic E-state index is 0.891. The first-order chi connectivity index (χ1) is 13.3. The quantitative estimate of drug-likeness (QED) is 0.299. The molecule has 130 valence electrons. The van der Waals surface area contributed by atoms with Crippen LogP contribution in [-0.2, 0) is 0 Å². The Bertz CT molecular complexity index is 1240. The van der Waals surface area contributed by atoms with Gasteiger partial charge in [-0.2, -0.15) is 0 Å². The van der Waals surface area contributed by atoms with Gasteiger partial charge in [0.05, 0.1) is 5.69 Å². The third-order valence-electron chi connectivity index (χ3n) is 4.71. The summed E-state index contributed by atoms with van der Waals surface area (Å²) in [4.78, 5) is 2.23. The van der Waals surface area contributed by atoms with Gasteiger partial charge in [-0.15, -0.1) is 0 Å². The first kappa shape index (κ1) is 16.2. The van der Waals surface area contributed by atoms with Gasteiger partial charge in [0.2, 0.25) is 0 Å². The van der Waals surface area contributed by atoms with Crippen LogP contribution >= 0.6 is 15.9 Å². The van der Waals surface area contributed by atoms with Crippen LogP contribution in [0, 0.1) is 0 Å². The molecule has 3 heteroatoms. The van der Waals surface area contributed by atoms with Crippen LogP contribution in [0.1, 0.15) is 0 Å². The van der Waals surface area contributed by atoms with Crippen LogP contribution in [0.4, 0.5) is 17.1 Å². The smallest absolute Gasteiger partial charge is 0.159 e. The van der Waals surface area contributed by atoms with E-state index in [9.17, 15) is 0 Å². The van der Waals surface area contributed by atoms with Crippen molar-refractivity contribution in [2.24, 2.45) is 0 Å². The van der Waals surface area contributed by atoms with E-state index >= 15 is 0 Å². The van der Waals surface area contributed by atoms with Gasteiger partial charge in [0.1, 0.15) is 5.58 Å². The van der Waals surface area contributed by atoms with E-state index in [1.54, 1.807) is 0 Å². The number of hydrogen-bond acceptors (Lipinski definition) is 2. The standard InChI is InChI=1S/C24H16BrNO/c25-17-8-6-11-19(16-17)26(18-9-2-1-3-10-18)22-14-7-13-21-20-12-4-5-15-23(20)27-24(21)22/h1-16H. The molecule has 0 radical (unpaired) electrons. The molecule has 1 heterocycles. The Kier molecular flexibility index (Phi) is 3.95. The molecule has 1 aromatic heterocycles. The van der Waals surface area contributed by atoms with Crippen LogP contribution < -0.4 is 4.90 Å². The van der Waals surface area contributed by atoms with Crippen molar-refractivity contribution in [2.75, 3.05) is 4.90 Å². The number of furan rings is 1. The van der Waals surface area contributed by atoms with Gasteiger partial charge in [-0.3, -0.25) is 0 Å². The molecule has 4 aromatic carbocycles.